The Morgan fingerprint density at radius 1 is 1.33 bits per heavy atom. The Bertz CT molecular complexity index is 804. The van der Waals surface area contributed by atoms with Gasteiger partial charge in [0.2, 0.25) is 0 Å². The molecule has 0 saturated carbocycles. The first-order valence-electron chi connectivity index (χ1n) is 7.40. The van der Waals surface area contributed by atoms with Crippen molar-refractivity contribution in [3.05, 3.63) is 68.8 Å². The van der Waals surface area contributed by atoms with E-state index in [9.17, 15) is 14.9 Å². The third-order valence-electron chi connectivity index (χ3n) is 3.70. The summed E-state index contributed by atoms with van der Waals surface area (Å²) in [7, 11) is 0. The van der Waals surface area contributed by atoms with Crippen LogP contribution in [-0.4, -0.2) is 17.6 Å². The molecule has 24 heavy (non-hydrogen) atoms. The number of nitrogens with zero attached hydrogens (tertiary/aromatic N) is 1. The second-order valence-corrected chi connectivity index (χ2v) is 5.51. The van der Waals surface area contributed by atoms with Crippen LogP contribution in [0.3, 0.4) is 0 Å². The highest BCUT2D eigenvalue weighted by Gasteiger charge is 2.21. The molecule has 0 unspecified atom stereocenters. The van der Waals surface area contributed by atoms with Gasteiger partial charge in [0.1, 0.15) is 5.75 Å². The van der Waals surface area contributed by atoms with Gasteiger partial charge in [-0.25, -0.2) is 0 Å². The molecule has 0 bridgehead atoms. The van der Waals surface area contributed by atoms with Crippen molar-refractivity contribution in [1.29, 1.82) is 0 Å². The molecule has 3 rings (SSSR count). The maximum atomic E-state index is 12.2. The van der Waals surface area contributed by atoms with E-state index < -0.39 is 4.92 Å². The largest absolute Gasteiger partial charge is 0.467 e. The van der Waals surface area contributed by atoms with Crippen molar-refractivity contribution in [3.8, 4) is 5.75 Å². The molecule has 7 nitrogen and oxygen atoms in total. The lowest BCUT2D eigenvalue weighted by molar-refractivity contribution is -0.385. The molecular weight excluding hydrogens is 312 g/mol. The van der Waals surface area contributed by atoms with Gasteiger partial charge in [0.25, 0.3) is 11.6 Å². The van der Waals surface area contributed by atoms with Crippen molar-refractivity contribution in [2.75, 3.05) is 6.79 Å². The van der Waals surface area contributed by atoms with Crippen LogP contribution >= 0.6 is 0 Å². The monoisotopic (exact) mass is 328 g/mol. The number of ether oxygens (including phenoxy) is 2. The van der Waals surface area contributed by atoms with Crippen LogP contribution in [0.25, 0.3) is 0 Å². The zero-order valence-corrected chi connectivity index (χ0v) is 13.1. The normalized spacial score (nSPS) is 12.9. The Morgan fingerprint density at radius 2 is 2.17 bits per heavy atom. The number of nitrogens with one attached hydrogen (secondary N) is 1. The maximum absolute atomic E-state index is 12.2. The zero-order valence-electron chi connectivity index (χ0n) is 13.1. The van der Waals surface area contributed by atoms with E-state index in [4.69, 9.17) is 9.47 Å². The molecule has 0 radical (unpaired) electrons. The van der Waals surface area contributed by atoms with Gasteiger partial charge in [-0.05, 0) is 19.1 Å². The number of nitro groups is 1. The van der Waals surface area contributed by atoms with Gasteiger partial charge < -0.3 is 14.8 Å². The lowest BCUT2D eigenvalue weighted by Gasteiger charge is -2.20. The summed E-state index contributed by atoms with van der Waals surface area (Å²) in [6.45, 7) is 2.37. The standard InChI is InChI=1S/C17H16N2O5/c1-11-3-2-4-12(5-11)17(20)18-8-13-6-15(19(21)22)7-14-9-23-10-24-16(13)14/h2-7H,8-10H2,1H3,(H,18,20). The number of benzene rings is 2. The molecule has 1 N–H and O–H groups in total. The molecule has 2 aromatic carbocycles. The van der Waals surface area contributed by atoms with E-state index in [1.165, 1.54) is 12.1 Å². The lowest BCUT2D eigenvalue weighted by Crippen LogP contribution is -2.24. The van der Waals surface area contributed by atoms with Crippen LogP contribution < -0.4 is 10.1 Å². The van der Waals surface area contributed by atoms with Crippen molar-refractivity contribution in [2.24, 2.45) is 0 Å². The Hall–Kier alpha value is -2.93. The molecule has 1 aliphatic heterocycles. The number of non-ortho nitro benzene ring substituents is 1. The Labute approximate surface area is 138 Å². The smallest absolute Gasteiger partial charge is 0.270 e. The zero-order chi connectivity index (χ0) is 17.1. The molecule has 0 saturated heterocycles. The molecule has 1 amide bonds. The van der Waals surface area contributed by atoms with Gasteiger partial charge >= 0.3 is 0 Å². The Morgan fingerprint density at radius 3 is 2.92 bits per heavy atom. The van der Waals surface area contributed by atoms with Gasteiger partial charge in [0.05, 0.1) is 11.5 Å². The lowest BCUT2D eigenvalue weighted by atomic mass is 10.1. The minimum absolute atomic E-state index is 0.0531. The minimum Gasteiger partial charge on any atom is -0.467 e. The number of hydrogen-bond acceptors (Lipinski definition) is 5. The van der Waals surface area contributed by atoms with Crippen LogP contribution in [0.2, 0.25) is 0 Å². The second kappa shape index (κ2) is 6.67. The highest BCUT2D eigenvalue weighted by molar-refractivity contribution is 5.94. The number of rotatable bonds is 4. The van der Waals surface area contributed by atoms with Gasteiger partial charge in [0, 0.05) is 35.4 Å². The van der Waals surface area contributed by atoms with Crippen molar-refractivity contribution < 1.29 is 19.2 Å². The van der Waals surface area contributed by atoms with Crippen LogP contribution in [0, 0.1) is 17.0 Å². The van der Waals surface area contributed by atoms with E-state index in [1.807, 2.05) is 13.0 Å². The van der Waals surface area contributed by atoms with Crippen molar-refractivity contribution in [1.82, 2.24) is 5.32 Å². The molecule has 1 heterocycles. The summed E-state index contributed by atoms with van der Waals surface area (Å²) < 4.78 is 10.6. The van der Waals surface area contributed by atoms with E-state index in [-0.39, 0.29) is 31.5 Å². The topological polar surface area (TPSA) is 90.7 Å². The molecule has 0 atom stereocenters. The predicted molar refractivity (Wildman–Crippen MR) is 85.7 cm³/mol. The average molecular weight is 328 g/mol. The van der Waals surface area contributed by atoms with E-state index >= 15 is 0 Å². The summed E-state index contributed by atoms with van der Waals surface area (Å²) in [5, 5.41) is 13.8. The molecule has 0 aliphatic carbocycles. The van der Waals surface area contributed by atoms with Crippen LogP contribution in [0.15, 0.2) is 36.4 Å². The molecule has 0 fully saturated rings. The Balaban J connectivity index is 1.82. The van der Waals surface area contributed by atoms with Gasteiger partial charge in [-0.1, -0.05) is 17.7 Å². The average Bonchev–Trinajstić information content (AvgIpc) is 2.59. The second-order valence-electron chi connectivity index (χ2n) is 5.51. The fourth-order valence-electron chi connectivity index (χ4n) is 2.58. The first-order valence-corrected chi connectivity index (χ1v) is 7.40. The number of nitro benzene ring substituents is 1. The van der Waals surface area contributed by atoms with E-state index in [0.29, 0.717) is 22.4 Å². The van der Waals surface area contributed by atoms with Gasteiger partial charge in [-0.2, -0.15) is 0 Å². The van der Waals surface area contributed by atoms with Gasteiger partial charge in [-0.3, -0.25) is 14.9 Å². The number of aryl methyl sites for hydroxylation is 1. The molecule has 7 heteroatoms. The van der Waals surface area contributed by atoms with Crippen LogP contribution in [0.4, 0.5) is 5.69 Å². The summed E-state index contributed by atoms with van der Waals surface area (Å²) in [4.78, 5) is 22.8. The first-order chi connectivity index (χ1) is 11.5. The van der Waals surface area contributed by atoms with Gasteiger partial charge in [0.15, 0.2) is 6.79 Å². The number of carbonyl (C=O) groups excluding carboxylic acids is 1. The molecule has 0 aromatic heterocycles. The molecule has 0 spiro atoms. The third-order valence-corrected chi connectivity index (χ3v) is 3.70. The summed E-state index contributed by atoms with van der Waals surface area (Å²) in [5.41, 5.74) is 2.64. The highest BCUT2D eigenvalue weighted by atomic mass is 16.7. The molecule has 124 valence electrons. The number of fused-ring (bicyclic) bond motifs is 1. The minimum atomic E-state index is -0.471. The van der Waals surface area contributed by atoms with Crippen molar-refractivity contribution in [2.45, 2.75) is 20.1 Å². The quantitative estimate of drug-likeness (QED) is 0.688. The SMILES string of the molecule is Cc1cccc(C(=O)NCc2cc([N+](=O)[O-])cc3c2OCOC3)c1. The summed E-state index contributed by atoms with van der Waals surface area (Å²) in [5.74, 6) is 0.294. The maximum Gasteiger partial charge on any atom is 0.270 e. The highest BCUT2D eigenvalue weighted by Crippen LogP contribution is 2.32. The summed E-state index contributed by atoms with van der Waals surface area (Å²) in [6, 6.07) is 10.1. The van der Waals surface area contributed by atoms with E-state index in [0.717, 1.165) is 5.56 Å². The Kier molecular flexibility index (Phi) is 4.43. The van der Waals surface area contributed by atoms with E-state index in [2.05, 4.69) is 5.32 Å². The first kappa shape index (κ1) is 15.9. The molecular formula is C17H16N2O5. The number of hydrogen-bond donors (Lipinski definition) is 1. The van der Waals surface area contributed by atoms with Crippen LogP contribution in [0.5, 0.6) is 5.75 Å². The van der Waals surface area contributed by atoms with Crippen molar-refractivity contribution >= 4 is 11.6 Å². The predicted octanol–water partition coefficient (Wildman–Crippen LogP) is 2.70. The van der Waals surface area contributed by atoms with Crippen molar-refractivity contribution in [3.63, 3.8) is 0 Å². The van der Waals surface area contributed by atoms with E-state index in [1.54, 1.807) is 18.2 Å². The fraction of sp³-hybridized carbons (Fsp3) is 0.235. The van der Waals surface area contributed by atoms with Crippen LogP contribution in [0.1, 0.15) is 27.0 Å². The molecule has 1 aliphatic rings. The van der Waals surface area contributed by atoms with Gasteiger partial charge in [-0.15, -0.1) is 0 Å². The van der Waals surface area contributed by atoms with Crippen LogP contribution in [-0.2, 0) is 17.9 Å². The third kappa shape index (κ3) is 3.36. The number of amides is 1. The molecule has 2 aromatic rings. The number of carbonyl (C=O) groups is 1. The summed E-state index contributed by atoms with van der Waals surface area (Å²) in [6.07, 6.45) is 0. The fourth-order valence-corrected chi connectivity index (χ4v) is 2.58. The summed E-state index contributed by atoms with van der Waals surface area (Å²) >= 11 is 0.